The Morgan fingerprint density at radius 1 is 1.55 bits per heavy atom. The zero-order valence-electron chi connectivity index (χ0n) is 7.35. The first-order chi connectivity index (χ1) is 5.27. The van der Waals surface area contributed by atoms with Gasteiger partial charge in [0.1, 0.15) is 0 Å². The highest BCUT2D eigenvalue weighted by Crippen LogP contribution is 2.22. The lowest BCUT2D eigenvalue weighted by molar-refractivity contribution is 0.664. The zero-order valence-corrected chi connectivity index (χ0v) is 8.16. The van der Waals surface area contributed by atoms with Gasteiger partial charge in [-0.3, -0.25) is 0 Å². The summed E-state index contributed by atoms with van der Waals surface area (Å²) in [6, 6.07) is 4.93. The second-order valence-electron chi connectivity index (χ2n) is 2.67. The highest BCUT2D eigenvalue weighted by molar-refractivity contribution is 7.12. The molecule has 0 amide bonds. The molecule has 0 unspecified atom stereocenters. The SMILES string of the molecule is CCc1ccc([C@@H](C)NC)s1. The van der Waals surface area contributed by atoms with Gasteiger partial charge in [0.15, 0.2) is 0 Å². The summed E-state index contributed by atoms with van der Waals surface area (Å²) in [5, 5.41) is 3.23. The molecule has 2 heteroatoms. The normalized spacial score (nSPS) is 13.4. The summed E-state index contributed by atoms with van der Waals surface area (Å²) in [7, 11) is 2.00. The van der Waals surface area contributed by atoms with Gasteiger partial charge in [0, 0.05) is 15.8 Å². The minimum absolute atomic E-state index is 0.500. The first kappa shape index (κ1) is 8.75. The van der Waals surface area contributed by atoms with Crippen LogP contribution in [0.25, 0.3) is 0 Å². The van der Waals surface area contributed by atoms with Crippen LogP contribution in [0.15, 0.2) is 12.1 Å². The Labute approximate surface area is 72.4 Å². The summed E-state index contributed by atoms with van der Waals surface area (Å²) >= 11 is 1.90. The van der Waals surface area contributed by atoms with Crippen molar-refractivity contribution in [3.63, 3.8) is 0 Å². The first-order valence-electron chi connectivity index (χ1n) is 4.03. The Morgan fingerprint density at radius 3 is 2.73 bits per heavy atom. The summed E-state index contributed by atoms with van der Waals surface area (Å²) in [4.78, 5) is 2.91. The third kappa shape index (κ3) is 2.04. The van der Waals surface area contributed by atoms with E-state index in [1.54, 1.807) is 0 Å². The number of hydrogen-bond donors (Lipinski definition) is 1. The molecule has 0 fully saturated rings. The number of aryl methyl sites for hydroxylation is 1. The Balaban J connectivity index is 2.71. The Bertz CT molecular complexity index is 217. The van der Waals surface area contributed by atoms with Gasteiger partial charge in [0.2, 0.25) is 0 Å². The summed E-state index contributed by atoms with van der Waals surface area (Å²) < 4.78 is 0. The van der Waals surface area contributed by atoms with Crippen LogP contribution in [-0.2, 0) is 6.42 Å². The van der Waals surface area contributed by atoms with Crippen molar-refractivity contribution in [3.05, 3.63) is 21.9 Å². The van der Waals surface area contributed by atoms with Crippen molar-refractivity contribution in [3.8, 4) is 0 Å². The van der Waals surface area contributed by atoms with E-state index in [9.17, 15) is 0 Å². The van der Waals surface area contributed by atoms with Crippen LogP contribution in [-0.4, -0.2) is 7.05 Å². The largest absolute Gasteiger partial charge is 0.313 e. The second-order valence-corrected chi connectivity index (χ2v) is 3.87. The quantitative estimate of drug-likeness (QED) is 0.733. The van der Waals surface area contributed by atoms with Crippen LogP contribution in [0.2, 0.25) is 0 Å². The molecule has 0 aromatic carbocycles. The van der Waals surface area contributed by atoms with Gasteiger partial charge in [0.05, 0.1) is 0 Å². The van der Waals surface area contributed by atoms with Gasteiger partial charge in [-0.25, -0.2) is 0 Å². The summed E-state index contributed by atoms with van der Waals surface area (Å²) in [6.45, 7) is 4.38. The van der Waals surface area contributed by atoms with Crippen molar-refractivity contribution in [2.24, 2.45) is 0 Å². The van der Waals surface area contributed by atoms with Gasteiger partial charge in [-0.2, -0.15) is 0 Å². The van der Waals surface area contributed by atoms with Crippen LogP contribution in [0.3, 0.4) is 0 Å². The molecule has 1 aromatic heterocycles. The molecule has 62 valence electrons. The summed E-state index contributed by atoms with van der Waals surface area (Å²) in [5.74, 6) is 0. The van der Waals surface area contributed by atoms with Gasteiger partial charge < -0.3 is 5.32 Å². The third-order valence-electron chi connectivity index (χ3n) is 1.89. The molecule has 1 heterocycles. The zero-order chi connectivity index (χ0) is 8.27. The van der Waals surface area contributed by atoms with Gasteiger partial charge in [-0.05, 0) is 32.5 Å². The lowest BCUT2D eigenvalue weighted by Crippen LogP contribution is -2.10. The smallest absolute Gasteiger partial charge is 0.0383 e. The predicted molar refractivity (Wildman–Crippen MR) is 51.2 cm³/mol. The maximum Gasteiger partial charge on any atom is 0.0383 e. The van der Waals surface area contributed by atoms with Crippen LogP contribution in [0, 0.1) is 0 Å². The van der Waals surface area contributed by atoms with Gasteiger partial charge >= 0.3 is 0 Å². The lowest BCUT2D eigenvalue weighted by Gasteiger charge is -2.05. The van der Waals surface area contributed by atoms with Crippen LogP contribution in [0.5, 0.6) is 0 Å². The molecule has 1 rings (SSSR count). The highest BCUT2D eigenvalue weighted by Gasteiger charge is 2.04. The average molecular weight is 169 g/mol. The molecular formula is C9H15NS. The molecule has 1 atom stereocenters. The fourth-order valence-corrected chi connectivity index (χ4v) is 1.97. The molecule has 1 N–H and O–H groups in total. The molecule has 0 aliphatic carbocycles. The van der Waals surface area contributed by atoms with Crippen molar-refractivity contribution >= 4 is 11.3 Å². The van der Waals surface area contributed by atoms with E-state index >= 15 is 0 Å². The van der Waals surface area contributed by atoms with Crippen LogP contribution >= 0.6 is 11.3 Å². The van der Waals surface area contributed by atoms with E-state index in [2.05, 4.69) is 31.3 Å². The minimum Gasteiger partial charge on any atom is -0.313 e. The maximum atomic E-state index is 3.23. The second kappa shape index (κ2) is 3.88. The van der Waals surface area contributed by atoms with E-state index < -0.39 is 0 Å². The van der Waals surface area contributed by atoms with Crippen molar-refractivity contribution in [2.45, 2.75) is 26.3 Å². The van der Waals surface area contributed by atoms with E-state index in [4.69, 9.17) is 0 Å². The third-order valence-corrected chi connectivity index (χ3v) is 3.30. The van der Waals surface area contributed by atoms with E-state index in [-0.39, 0.29) is 0 Å². The minimum atomic E-state index is 0.500. The van der Waals surface area contributed by atoms with Gasteiger partial charge in [-0.1, -0.05) is 6.92 Å². The van der Waals surface area contributed by atoms with Crippen molar-refractivity contribution in [1.29, 1.82) is 0 Å². The highest BCUT2D eigenvalue weighted by atomic mass is 32.1. The van der Waals surface area contributed by atoms with Gasteiger partial charge in [-0.15, -0.1) is 11.3 Å². The molecule has 0 saturated heterocycles. The first-order valence-corrected chi connectivity index (χ1v) is 4.85. The molecule has 1 nitrogen and oxygen atoms in total. The van der Waals surface area contributed by atoms with Crippen LogP contribution < -0.4 is 5.32 Å². The molecule has 0 aliphatic heterocycles. The van der Waals surface area contributed by atoms with E-state index in [0.717, 1.165) is 6.42 Å². The number of thiophene rings is 1. The summed E-state index contributed by atoms with van der Waals surface area (Å²) in [6.07, 6.45) is 1.15. The fourth-order valence-electron chi connectivity index (χ4n) is 0.960. The Hall–Kier alpha value is -0.340. The maximum absolute atomic E-state index is 3.23. The molecule has 0 saturated carbocycles. The molecule has 0 radical (unpaired) electrons. The molecule has 0 aliphatic rings. The molecule has 1 aromatic rings. The molecule has 11 heavy (non-hydrogen) atoms. The fraction of sp³-hybridized carbons (Fsp3) is 0.556. The van der Waals surface area contributed by atoms with Crippen LogP contribution in [0.4, 0.5) is 0 Å². The molecule has 0 bridgehead atoms. The summed E-state index contributed by atoms with van der Waals surface area (Å²) in [5.41, 5.74) is 0. The van der Waals surface area contributed by atoms with Gasteiger partial charge in [0.25, 0.3) is 0 Å². The molecule has 0 spiro atoms. The van der Waals surface area contributed by atoms with E-state index in [1.807, 2.05) is 18.4 Å². The van der Waals surface area contributed by atoms with Crippen LogP contribution in [0.1, 0.15) is 29.6 Å². The van der Waals surface area contributed by atoms with E-state index in [1.165, 1.54) is 9.75 Å². The Kier molecular flexibility index (Phi) is 3.09. The van der Waals surface area contributed by atoms with Crippen molar-refractivity contribution in [1.82, 2.24) is 5.32 Å². The standard InChI is InChI=1S/C9H15NS/c1-4-8-5-6-9(11-8)7(2)10-3/h5-7,10H,4H2,1-3H3/t7-/m1/s1. The average Bonchev–Trinajstić information content (AvgIpc) is 2.50. The number of rotatable bonds is 3. The van der Waals surface area contributed by atoms with E-state index in [0.29, 0.717) is 6.04 Å². The number of hydrogen-bond acceptors (Lipinski definition) is 2. The number of nitrogens with one attached hydrogen (secondary N) is 1. The topological polar surface area (TPSA) is 12.0 Å². The molecular weight excluding hydrogens is 154 g/mol. The van der Waals surface area contributed by atoms with Crippen molar-refractivity contribution in [2.75, 3.05) is 7.05 Å². The predicted octanol–water partition coefficient (Wildman–Crippen LogP) is 2.59. The lowest BCUT2D eigenvalue weighted by atomic mass is 10.3. The Morgan fingerprint density at radius 2 is 2.27 bits per heavy atom. The monoisotopic (exact) mass is 169 g/mol. The van der Waals surface area contributed by atoms with Crippen molar-refractivity contribution < 1.29 is 0 Å².